The van der Waals surface area contributed by atoms with Gasteiger partial charge in [0.1, 0.15) is 0 Å². The van der Waals surface area contributed by atoms with Crippen molar-refractivity contribution in [2.75, 3.05) is 0 Å². The van der Waals surface area contributed by atoms with Crippen LogP contribution in [-0.2, 0) is 0 Å². The van der Waals surface area contributed by atoms with Crippen LogP contribution in [0.25, 0.3) is 16.8 Å². The van der Waals surface area contributed by atoms with Gasteiger partial charge in [0, 0.05) is 11.5 Å². The smallest absolute Gasteiger partial charge is 0.296 e. The molecule has 0 saturated carbocycles. The van der Waals surface area contributed by atoms with E-state index in [0.717, 1.165) is 24.0 Å². The molecule has 5 heteroatoms. The molecule has 0 aliphatic rings. The summed E-state index contributed by atoms with van der Waals surface area (Å²) in [5, 5.41) is 4.14. The van der Waals surface area contributed by atoms with Crippen LogP contribution in [0.4, 0.5) is 0 Å². The summed E-state index contributed by atoms with van der Waals surface area (Å²) in [6.45, 7) is 2.21. The highest BCUT2D eigenvalue weighted by Crippen LogP contribution is 2.31. The first kappa shape index (κ1) is 16.3. The average molecular weight is 344 g/mol. The zero-order valence-corrected chi connectivity index (χ0v) is 14.6. The third kappa shape index (κ3) is 2.92. The molecule has 26 heavy (non-hydrogen) atoms. The quantitative estimate of drug-likeness (QED) is 0.595. The molecular weight excluding hydrogens is 324 g/mol. The summed E-state index contributed by atoms with van der Waals surface area (Å²) in [5.41, 5.74) is 4.77. The molecule has 2 heterocycles. The number of H-pyrrole nitrogens is 1. The van der Waals surface area contributed by atoms with Gasteiger partial charge < -0.3 is 0 Å². The molecule has 0 fully saturated rings. The maximum absolute atomic E-state index is 11.8. The summed E-state index contributed by atoms with van der Waals surface area (Å²) in [5.74, 6) is 0.389. The molecule has 0 radical (unpaired) electrons. The summed E-state index contributed by atoms with van der Waals surface area (Å²) in [6.07, 6.45) is 5.33. The van der Waals surface area contributed by atoms with Crippen LogP contribution in [0.3, 0.4) is 0 Å². The van der Waals surface area contributed by atoms with Crippen molar-refractivity contribution in [2.24, 2.45) is 0 Å². The maximum Gasteiger partial charge on any atom is 0.349 e. The monoisotopic (exact) mass is 344 g/mol. The Labute approximate surface area is 151 Å². The fourth-order valence-corrected chi connectivity index (χ4v) is 3.42. The summed E-state index contributed by atoms with van der Waals surface area (Å²) in [4.78, 5) is 18.6. The average Bonchev–Trinajstić information content (AvgIpc) is 3.13. The number of hydrogen-bond donors (Lipinski definition) is 1. The minimum Gasteiger partial charge on any atom is -0.296 e. The van der Waals surface area contributed by atoms with Crippen molar-refractivity contribution in [3.8, 4) is 11.1 Å². The van der Waals surface area contributed by atoms with Gasteiger partial charge in [-0.25, -0.2) is 9.78 Å². The second kappa shape index (κ2) is 6.96. The van der Waals surface area contributed by atoms with Crippen molar-refractivity contribution in [3.05, 3.63) is 88.7 Å². The lowest BCUT2D eigenvalue weighted by molar-refractivity contribution is 0.698. The van der Waals surface area contributed by atoms with Crippen LogP contribution in [0.15, 0.2) is 71.9 Å². The normalized spacial score (nSPS) is 12.3. The number of fused-ring (bicyclic) bond motifs is 1. The van der Waals surface area contributed by atoms with Gasteiger partial charge in [-0.1, -0.05) is 67.9 Å². The summed E-state index contributed by atoms with van der Waals surface area (Å²) < 4.78 is 1.28. The first-order valence-corrected chi connectivity index (χ1v) is 8.84. The van der Waals surface area contributed by atoms with Crippen molar-refractivity contribution in [2.45, 2.75) is 25.7 Å². The Hall–Kier alpha value is -3.21. The molecule has 1 unspecified atom stereocenters. The van der Waals surface area contributed by atoms with E-state index in [-0.39, 0.29) is 5.69 Å². The number of aromatic amines is 1. The number of benzene rings is 2. The van der Waals surface area contributed by atoms with E-state index in [1.165, 1.54) is 22.0 Å². The Bertz CT molecular complexity index is 1060. The highest BCUT2D eigenvalue weighted by molar-refractivity contribution is 5.76. The van der Waals surface area contributed by atoms with Gasteiger partial charge in [-0.05, 0) is 23.1 Å². The van der Waals surface area contributed by atoms with Crippen LogP contribution in [0.1, 0.15) is 36.8 Å². The molecule has 1 atom stereocenters. The molecule has 2 aromatic heterocycles. The second-order valence-corrected chi connectivity index (χ2v) is 6.38. The number of aromatic nitrogens is 4. The highest BCUT2D eigenvalue weighted by Gasteiger charge is 2.14. The number of nitrogens with one attached hydrogen (secondary N) is 1. The van der Waals surface area contributed by atoms with Crippen molar-refractivity contribution in [3.63, 3.8) is 0 Å². The van der Waals surface area contributed by atoms with Crippen LogP contribution in [0.5, 0.6) is 0 Å². The Morgan fingerprint density at radius 2 is 1.77 bits per heavy atom. The molecule has 0 spiro atoms. The minimum atomic E-state index is -0.287. The lowest BCUT2D eigenvalue weighted by Crippen LogP contribution is -2.17. The topological polar surface area (TPSA) is 63.1 Å². The number of nitrogens with zero attached hydrogens (tertiary/aromatic N) is 3. The Balaban J connectivity index is 1.71. The molecule has 0 saturated heterocycles. The Morgan fingerprint density at radius 1 is 1.04 bits per heavy atom. The Morgan fingerprint density at radius 3 is 2.50 bits per heavy atom. The standard InChI is InChI=1S/C21H20N4O/c1-2-6-18(15-7-4-3-5-8-15)16-9-11-17(12-10-16)19-13-24-25-20(19)22-14-23-21(25)26/h3-5,7-14,18H,2,6H2,1H3,(H,22,23,26). The van der Waals surface area contributed by atoms with E-state index in [2.05, 4.69) is 76.6 Å². The van der Waals surface area contributed by atoms with Crippen molar-refractivity contribution < 1.29 is 0 Å². The highest BCUT2D eigenvalue weighted by atomic mass is 16.1. The zero-order chi connectivity index (χ0) is 17.9. The molecule has 0 aliphatic heterocycles. The van der Waals surface area contributed by atoms with E-state index in [1.54, 1.807) is 6.20 Å². The Kier molecular flexibility index (Phi) is 4.35. The van der Waals surface area contributed by atoms with Crippen LogP contribution >= 0.6 is 0 Å². The van der Waals surface area contributed by atoms with Gasteiger partial charge in [-0.15, -0.1) is 0 Å². The third-order valence-corrected chi connectivity index (χ3v) is 4.71. The van der Waals surface area contributed by atoms with E-state index in [0.29, 0.717) is 11.6 Å². The van der Waals surface area contributed by atoms with Crippen molar-refractivity contribution in [1.29, 1.82) is 0 Å². The predicted octanol–water partition coefficient (Wildman–Crippen LogP) is 4.02. The molecule has 0 amide bonds. The summed E-state index contributed by atoms with van der Waals surface area (Å²) in [6, 6.07) is 19.1. The molecular formula is C21H20N4O. The molecule has 0 bridgehead atoms. The van der Waals surface area contributed by atoms with Crippen LogP contribution in [0.2, 0.25) is 0 Å². The van der Waals surface area contributed by atoms with Crippen molar-refractivity contribution >= 4 is 5.65 Å². The largest absolute Gasteiger partial charge is 0.349 e. The predicted molar refractivity (Wildman–Crippen MR) is 102 cm³/mol. The van der Waals surface area contributed by atoms with Gasteiger partial charge in [0.15, 0.2) is 5.65 Å². The van der Waals surface area contributed by atoms with Crippen molar-refractivity contribution in [1.82, 2.24) is 19.6 Å². The number of rotatable bonds is 5. The van der Waals surface area contributed by atoms with Gasteiger partial charge in [0.05, 0.1) is 12.5 Å². The van der Waals surface area contributed by atoms with E-state index in [4.69, 9.17) is 0 Å². The van der Waals surface area contributed by atoms with Gasteiger partial charge in [0.25, 0.3) is 0 Å². The summed E-state index contributed by atoms with van der Waals surface area (Å²) >= 11 is 0. The minimum absolute atomic E-state index is 0.287. The van der Waals surface area contributed by atoms with Gasteiger partial charge in [-0.3, -0.25) is 4.98 Å². The van der Waals surface area contributed by atoms with Gasteiger partial charge in [0.2, 0.25) is 0 Å². The fourth-order valence-electron chi connectivity index (χ4n) is 3.42. The molecule has 4 rings (SSSR count). The summed E-state index contributed by atoms with van der Waals surface area (Å²) in [7, 11) is 0. The van der Waals surface area contributed by atoms with Crippen LogP contribution < -0.4 is 5.69 Å². The lowest BCUT2D eigenvalue weighted by atomic mass is 9.87. The molecule has 5 nitrogen and oxygen atoms in total. The first-order valence-electron chi connectivity index (χ1n) is 8.84. The fraction of sp³-hybridized carbons (Fsp3) is 0.190. The van der Waals surface area contributed by atoms with E-state index in [9.17, 15) is 4.79 Å². The zero-order valence-electron chi connectivity index (χ0n) is 14.6. The number of hydrogen-bond acceptors (Lipinski definition) is 3. The van der Waals surface area contributed by atoms with Crippen LogP contribution in [-0.4, -0.2) is 19.6 Å². The molecule has 0 aliphatic carbocycles. The SMILES string of the molecule is CCCC(c1ccccc1)c1ccc(-c2cnn3c(=O)[nH]cnc23)cc1. The van der Waals surface area contributed by atoms with Gasteiger partial charge >= 0.3 is 5.69 Å². The third-order valence-electron chi connectivity index (χ3n) is 4.71. The maximum atomic E-state index is 11.8. The van der Waals surface area contributed by atoms with E-state index in [1.807, 2.05) is 0 Å². The molecule has 2 aromatic carbocycles. The first-order chi connectivity index (χ1) is 12.8. The van der Waals surface area contributed by atoms with E-state index >= 15 is 0 Å². The second-order valence-electron chi connectivity index (χ2n) is 6.38. The molecule has 4 aromatic rings. The van der Waals surface area contributed by atoms with Gasteiger partial charge in [-0.2, -0.15) is 9.61 Å². The molecule has 130 valence electrons. The molecule has 1 N–H and O–H groups in total. The van der Waals surface area contributed by atoms with Crippen LogP contribution in [0, 0.1) is 0 Å². The lowest BCUT2D eigenvalue weighted by Gasteiger charge is -2.17. The van der Waals surface area contributed by atoms with E-state index < -0.39 is 0 Å².